The highest BCUT2D eigenvalue weighted by atomic mass is 32.2. The molecule has 3 rings (SSSR count). The molecule has 8 nitrogen and oxygen atoms in total. The Morgan fingerprint density at radius 1 is 1.52 bits per heavy atom. The topological polar surface area (TPSA) is 108 Å². The van der Waals surface area contributed by atoms with Crippen LogP contribution in [0.5, 0.6) is 0 Å². The average molecular weight is 342 g/mol. The van der Waals surface area contributed by atoms with Crippen molar-refractivity contribution in [1.29, 1.82) is 0 Å². The Morgan fingerprint density at radius 3 is 2.78 bits per heavy atom. The van der Waals surface area contributed by atoms with Crippen molar-refractivity contribution in [2.75, 3.05) is 18.5 Å². The Balaban J connectivity index is 2.16. The van der Waals surface area contributed by atoms with Gasteiger partial charge in [-0.25, -0.2) is 13.2 Å². The minimum Gasteiger partial charge on any atom is -0.383 e. The molecule has 4 atom stereocenters. The fourth-order valence-electron chi connectivity index (χ4n) is 3.72. The van der Waals surface area contributed by atoms with Crippen LogP contribution >= 0.6 is 0 Å². The summed E-state index contributed by atoms with van der Waals surface area (Å²) < 4.78 is 33.8. The zero-order chi connectivity index (χ0) is 17.2. The second-order valence-corrected chi connectivity index (χ2v) is 8.51. The summed E-state index contributed by atoms with van der Waals surface area (Å²) in [5, 5.41) is 0. The lowest BCUT2D eigenvalue weighted by Crippen LogP contribution is -2.56. The van der Waals surface area contributed by atoms with Gasteiger partial charge in [0.25, 0.3) is 0 Å². The van der Waals surface area contributed by atoms with Gasteiger partial charge in [0, 0.05) is 24.7 Å². The minimum atomic E-state index is -3.42. The maximum absolute atomic E-state index is 12.5. The van der Waals surface area contributed by atoms with Gasteiger partial charge in [-0.3, -0.25) is 4.57 Å². The Morgan fingerprint density at radius 2 is 2.17 bits per heavy atom. The van der Waals surface area contributed by atoms with E-state index in [1.807, 2.05) is 13.8 Å². The molecule has 0 spiro atoms. The minimum absolute atomic E-state index is 0.0317. The molecule has 0 saturated carbocycles. The van der Waals surface area contributed by atoms with Crippen LogP contribution in [0, 0.1) is 12.8 Å². The maximum Gasteiger partial charge on any atom is 0.351 e. The lowest BCUT2D eigenvalue weighted by Gasteiger charge is -2.40. The van der Waals surface area contributed by atoms with Crippen LogP contribution in [0.4, 0.5) is 5.82 Å². The monoisotopic (exact) mass is 342 g/mol. The smallest absolute Gasteiger partial charge is 0.351 e. The molecule has 2 N–H and O–H groups in total. The summed E-state index contributed by atoms with van der Waals surface area (Å²) >= 11 is 0. The summed E-state index contributed by atoms with van der Waals surface area (Å²) in [5.74, 6) is 0.0688. The van der Waals surface area contributed by atoms with Crippen LogP contribution in [-0.2, 0) is 14.8 Å². The van der Waals surface area contributed by atoms with Crippen LogP contribution in [0.1, 0.15) is 32.1 Å². The van der Waals surface area contributed by atoms with E-state index in [0.717, 1.165) is 0 Å². The number of hydrogen-bond acceptors (Lipinski definition) is 6. The van der Waals surface area contributed by atoms with E-state index in [9.17, 15) is 13.2 Å². The third kappa shape index (κ3) is 2.21. The Bertz CT molecular complexity index is 805. The third-order valence-electron chi connectivity index (χ3n) is 5.32. The molecule has 0 radical (unpaired) electrons. The van der Waals surface area contributed by atoms with Crippen LogP contribution in [0.15, 0.2) is 11.0 Å². The summed E-state index contributed by atoms with van der Waals surface area (Å²) in [5.41, 5.74) is 5.01. The van der Waals surface area contributed by atoms with Gasteiger partial charge in [0.15, 0.2) is 6.23 Å². The van der Waals surface area contributed by atoms with Crippen molar-refractivity contribution in [2.45, 2.75) is 45.1 Å². The predicted molar refractivity (Wildman–Crippen MR) is 85.3 cm³/mol. The second-order valence-electron chi connectivity index (χ2n) is 6.48. The molecule has 0 amide bonds. The molecule has 0 aliphatic carbocycles. The normalized spacial score (nSPS) is 36.3. The Kier molecular flexibility index (Phi) is 3.58. The molecule has 2 fully saturated rings. The summed E-state index contributed by atoms with van der Waals surface area (Å²) in [7, 11) is -1.88. The molecule has 0 aromatic carbocycles. The molecule has 2 aliphatic rings. The molecule has 1 unspecified atom stereocenters. The van der Waals surface area contributed by atoms with Crippen LogP contribution in [0.2, 0.25) is 0 Å². The van der Waals surface area contributed by atoms with E-state index in [4.69, 9.17) is 10.5 Å². The molecule has 23 heavy (non-hydrogen) atoms. The SMILES string of the molecule is CC[C@@]12CS(=O)(=O)N(C)[C@@H](C1C)[C@H](n1cc(C)c(N)nc1=O)O2. The molecule has 9 heteroatoms. The number of hydrogen-bond donors (Lipinski definition) is 1. The molecular formula is C14H22N4O4S. The number of sulfonamides is 1. The van der Waals surface area contributed by atoms with Crippen LogP contribution in [0.25, 0.3) is 0 Å². The maximum atomic E-state index is 12.5. The van der Waals surface area contributed by atoms with Crippen molar-refractivity contribution < 1.29 is 13.2 Å². The van der Waals surface area contributed by atoms with E-state index in [2.05, 4.69) is 4.98 Å². The van der Waals surface area contributed by atoms with E-state index < -0.39 is 33.6 Å². The van der Waals surface area contributed by atoms with Crippen molar-refractivity contribution in [3.8, 4) is 0 Å². The summed E-state index contributed by atoms with van der Waals surface area (Å²) in [4.78, 5) is 16.1. The molecule has 1 aromatic rings. The number of anilines is 1. The summed E-state index contributed by atoms with van der Waals surface area (Å²) in [6.45, 7) is 5.63. The highest BCUT2D eigenvalue weighted by molar-refractivity contribution is 7.89. The molecule has 3 heterocycles. The van der Waals surface area contributed by atoms with Gasteiger partial charge in [-0.1, -0.05) is 13.8 Å². The van der Waals surface area contributed by atoms with Gasteiger partial charge in [0.05, 0.1) is 17.4 Å². The zero-order valence-corrected chi connectivity index (χ0v) is 14.5. The number of nitrogen functional groups attached to an aromatic ring is 1. The van der Waals surface area contributed by atoms with Crippen molar-refractivity contribution in [3.63, 3.8) is 0 Å². The fourth-order valence-corrected chi connectivity index (χ4v) is 5.74. The number of aromatic nitrogens is 2. The number of fused-ring (bicyclic) bond motifs is 2. The number of nitrogens with two attached hydrogens (primary N) is 1. The van der Waals surface area contributed by atoms with Gasteiger partial charge in [-0.05, 0) is 13.3 Å². The van der Waals surface area contributed by atoms with Gasteiger partial charge < -0.3 is 10.5 Å². The first-order chi connectivity index (χ1) is 10.6. The number of likely N-dealkylation sites (N-methyl/N-ethyl adjacent to an activating group) is 1. The average Bonchev–Trinajstić information content (AvgIpc) is 2.69. The quantitative estimate of drug-likeness (QED) is 0.816. The highest BCUT2D eigenvalue weighted by Crippen LogP contribution is 2.50. The summed E-state index contributed by atoms with van der Waals surface area (Å²) in [6, 6.07) is -0.448. The Labute approximate surface area is 135 Å². The first-order valence-electron chi connectivity index (χ1n) is 7.62. The molecule has 2 bridgehead atoms. The van der Waals surface area contributed by atoms with Crippen molar-refractivity contribution in [2.24, 2.45) is 5.92 Å². The Hall–Kier alpha value is -1.45. The standard InChI is InChI=1S/C14H22N4O4S/c1-5-14-7-23(20,21)17(4)10(9(14)3)12(22-14)18-6-8(2)11(15)16-13(18)19/h6,9-10,12H,5,7H2,1-4H3,(H2,15,16,19)/t9?,10-,12+,14+/m0/s1. The first kappa shape index (κ1) is 16.4. The van der Waals surface area contributed by atoms with Gasteiger partial charge in [-0.15, -0.1) is 0 Å². The van der Waals surface area contributed by atoms with E-state index >= 15 is 0 Å². The van der Waals surface area contributed by atoms with E-state index in [-0.39, 0.29) is 17.5 Å². The first-order valence-corrected chi connectivity index (χ1v) is 9.22. The fraction of sp³-hybridized carbons (Fsp3) is 0.714. The van der Waals surface area contributed by atoms with Crippen molar-refractivity contribution in [3.05, 3.63) is 22.2 Å². The second kappa shape index (κ2) is 5.02. The van der Waals surface area contributed by atoms with E-state index in [1.165, 1.54) is 8.87 Å². The molecule has 2 aliphatic heterocycles. The molecule has 128 valence electrons. The number of aryl methyl sites for hydroxylation is 1. The van der Waals surface area contributed by atoms with Crippen LogP contribution in [0.3, 0.4) is 0 Å². The predicted octanol–water partition coefficient (Wildman–Crippen LogP) is 0.0914. The number of rotatable bonds is 2. The van der Waals surface area contributed by atoms with Crippen molar-refractivity contribution in [1.82, 2.24) is 13.9 Å². The van der Waals surface area contributed by atoms with Gasteiger partial charge in [0.2, 0.25) is 10.0 Å². The van der Waals surface area contributed by atoms with Gasteiger partial charge in [0.1, 0.15) is 5.82 Å². The third-order valence-corrected chi connectivity index (χ3v) is 7.30. The lowest BCUT2D eigenvalue weighted by atomic mass is 9.85. The van der Waals surface area contributed by atoms with E-state index in [0.29, 0.717) is 12.0 Å². The highest BCUT2D eigenvalue weighted by Gasteiger charge is 2.61. The van der Waals surface area contributed by atoms with Crippen molar-refractivity contribution >= 4 is 15.8 Å². The van der Waals surface area contributed by atoms with Gasteiger partial charge in [-0.2, -0.15) is 9.29 Å². The summed E-state index contributed by atoms with van der Waals surface area (Å²) in [6.07, 6.45) is 1.45. The molecule has 1 aromatic heterocycles. The molecule has 2 saturated heterocycles. The van der Waals surface area contributed by atoms with Crippen LogP contribution in [-0.4, -0.2) is 46.7 Å². The number of ether oxygens (including phenoxy) is 1. The van der Waals surface area contributed by atoms with Gasteiger partial charge >= 0.3 is 5.69 Å². The zero-order valence-electron chi connectivity index (χ0n) is 13.7. The van der Waals surface area contributed by atoms with E-state index in [1.54, 1.807) is 20.2 Å². The number of nitrogens with zero attached hydrogens (tertiary/aromatic N) is 3. The molecular weight excluding hydrogens is 320 g/mol. The largest absolute Gasteiger partial charge is 0.383 e. The lowest BCUT2D eigenvalue weighted by molar-refractivity contribution is -0.0732. The van der Waals surface area contributed by atoms with Crippen LogP contribution < -0.4 is 11.4 Å².